The molecule has 2 aromatic rings. The van der Waals surface area contributed by atoms with Crippen LogP contribution in [0, 0.1) is 11.2 Å². The predicted octanol–water partition coefficient (Wildman–Crippen LogP) is 4.21. The molecule has 2 rings (SSSR count). The number of nitrogens with one attached hydrogen (secondary N) is 1. The van der Waals surface area contributed by atoms with E-state index in [1.165, 1.54) is 12.1 Å². The van der Waals surface area contributed by atoms with Gasteiger partial charge in [-0.25, -0.2) is 4.39 Å². The third-order valence-corrected chi connectivity index (χ3v) is 2.99. The molecule has 0 aliphatic carbocycles. The number of amidine groups is 1. The third kappa shape index (κ3) is 2.97. The van der Waals surface area contributed by atoms with E-state index in [-0.39, 0.29) is 27.9 Å². The van der Waals surface area contributed by atoms with Crippen molar-refractivity contribution in [3.63, 3.8) is 0 Å². The summed E-state index contributed by atoms with van der Waals surface area (Å²) in [4.78, 5) is 0. The normalized spacial score (nSPS) is 10.3. The highest BCUT2D eigenvalue weighted by Crippen LogP contribution is 2.31. The molecule has 0 bridgehead atoms. The van der Waals surface area contributed by atoms with Crippen LogP contribution in [0.5, 0.6) is 11.5 Å². The molecule has 2 aromatic carbocycles. The summed E-state index contributed by atoms with van der Waals surface area (Å²) in [6.45, 7) is 0. The highest BCUT2D eigenvalue weighted by Gasteiger charge is 2.12. The Hall–Kier alpha value is -1.78. The number of nitrogens with two attached hydrogens (primary N) is 1. The van der Waals surface area contributed by atoms with Crippen molar-refractivity contribution in [1.29, 1.82) is 5.41 Å². The lowest BCUT2D eigenvalue weighted by Gasteiger charge is -2.11. The van der Waals surface area contributed by atoms with Crippen molar-refractivity contribution in [2.45, 2.75) is 0 Å². The summed E-state index contributed by atoms with van der Waals surface area (Å²) < 4.78 is 18.8. The second-order valence-corrected chi connectivity index (χ2v) is 4.52. The molecule has 0 unspecified atom stereocenters. The molecule has 0 aliphatic heterocycles. The van der Waals surface area contributed by atoms with Gasteiger partial charge >= 0.3 is 0 Å². The zero-order chi connectivity index (χ0) is 14.0. The van der Waals surface area contributed by atoms with Gasteiger partial charge in [0, 0.05) is 6.07 Å². The highest BCUT2D eigenvalue weighted by atomic mass is 35.5. The van der Waals surface area contributed by atoms with Crippen LogP contribution in [0.1, 0.15) is 5.56 Å². The molecule has 0 radical (unpaired) electrons. The molecule has 0 saturated heterocycles. The number of ether oxygens (including phenoxy) is 1. The van der Waals surface area contributed by atoms with Gasteiger partial charge in [-0.3, -0.25) is 5.41 Å². The molecule has 6 heteroatoms. The van der Waals surface area contributed by atoms with E-state index in [9.17, 15) is 4.39 Å². The Morgan fingerprint density at radius 2 is 1.89 bits per heavy atom. The topological polar surface area (TPSA) is 59.1 Å². The fraction of sp³-hybridized carbons (Fsp3) is 0. The van der Waals surface area contributed by atoms with Crippen LogP contribution in [0.25, 0.3) is 0 Å². The Morgan fingerprint density at radius 1 is 1.16 bits per heavy atom. The van der Waals surface area contributed by atoms with Gasteiger partial charge in [-0.1, -0.05) is 29.3 Å². The number of halogens is 3. The standard InChI is InChI=1S/C13H9Cl2FN2O/c14-8-5-4-7(6-10(8)16)19-11-3-1-2-9(15)12(11)13(17)18/h1-6H,(H3,17,18). The molecule has 0 saturated carbocycles. The maximum Gasteiger partial charge on any atom is 0.145 e. The molecule has 0 spiro atoms. The second kappa shape index (κ2) is 5.47. The minimum atomic E-state index is -0.592. The average Bonchev–Trinajstić information content (AvgIpc) is 2.33. The van der Waals surface area contributed by atoms with E-state index in [0.29, 0.717) is 5.02 Å². The van der Waals surface area contributed by atoms with Crippen molar-refractivity contribution in [3.05, 3.63) is 57.8 Å². The maximum absolute atomic E-state index is 13.3. The summed E-state index contributed by atoms with van der Waals surface area (Å²) in [5, 5.41) is 7.77. The van der Waals surface area contributed by atoms with Gasteiger partial charge in [0.2, 0.25) is 0 Å². The van der Waals surface area contributed by atoms with Crippen molar-refractivity contribution in [2.24, 2.45) is 5.73 Å². The fourth-order valence-corrected chi connectivity index (χ4v) is 1.90. The molecule has 19 heavy (non-hydrogen) atoms. The summed E-state index contributed by atoms with van der Waals surface area (Å²) in [5.74, 6) is -0.297. The highest BCUT2D eigenvalue weighted by molar-refractivity contribution is 6.34. The zero-order valence-electron chi connectivity index (χ0n) is 9.58. The fourth-order valence-electron chi connectivity index (χ4n) is 1.52. The molecule has 0 aromatic heterocycles. The minimum absolute atomic E-state index is 0.00485. The van der Waals surface area contributed by atoms with E-state index >= 15 is 0 Å². The third-order valence-electron chi connectivity index (χ3n) is 2.36. The Morgan fingerprint density at radius 3 is 2.53 bits per heavy atom. The summed E-state index contributed by atoms with van der Waals surface area (Å²) in [7, 11) is 0. The molecule has 0 heterocycles. The number of benzene rings is 2. The summed E-state index contributed by atoms with van der Waals surface area (Å²) in [6, 6.07) is 8.87. The lowest BCUT2D eigenvalue weighted by molar-refractivity contribution is 0.476. The monoisotopic (exact) mass is 298 g/mol. The SMILES string of the molecule is N=C(N)c1c(Cl)cccc1Oc1ccc(Cl)c(F)c1. The summed E-state index contributed by atoms with van der Waals surface area (Å²) in [6.07, 6.45) is 0. The lowest BCUT2D eigenvalue weighted by atomic mass is 10.2. The van der Waals surface area contributed by atoms with Gasteiger partial charge in [0.1, 0.15) is 23.2 Å². The first kappa shape index (κ1) is 13.6. The van der Waals surface area contributed by atoms with Gasteiger partial charge in [-0.15, -0.1) is 0 Å². The van der Waals surface area contributed by atoms with Gasteiger partial charge in [-0.2, -0.15) is 0 Å². The summed E-state index contributed by atoms with van der Waals surface area (Å²) in [5.41, 5.74) is 5.71. The second-order valence-electron chi connectivity index (χ2n) is 3.70. The first-order valence-electron chi connectivity index (χ1n) is 5.25. The molecule has 0 aliphatic rings. The van der Waals surface area contributed by atoms with Crippen molar-refractivity contribution in [1.82, 2.24) is 0 Å². The molecule has 0 amide bonds. The van der Waals surface area contributed by atoms with Gasteiger partial charge in [0.25, 0.3) is 0 Å². The molecular formula is C13H9Cl2FN2O. The predicted molar refractivity (Wildman–Crippen MR) is 74.0 cm³/mol. The molecule has 0 fully saturated rings. The van der Waals surface area contributed by atoms with Crippen molar-refractivity contribution < 1.29 is 9.13 Å². The minimum Gasteiger partial charge on any atom is -0.456 e. The Bertz CT molecular complexity index is 647. The first-order chi connectivity index (χ1) is 8.99. The Balaban J connectivity index is 2.40. The average molecular weight is 299 g/mol. The molecule has 0 atom stereocenters. The van der Waals surface area contributed by atoms with E-state index < -0.39 is 5.82 Å². The van der Waals surface area contributed by atoms with Crippen LogP contribution < -0.4 is 10.5 Å². The summed E-state index contributed by atoms with van der Waals surface area (Å²) >= 11 is 11.5. The van der Waals surface area contributed by atoms with E-state index in [0.717, 1.165) is 6.07 Å². The van der Waals surface area contributed by atoms with Crippen molar-refractivity contribution in [2.75, 3.05) is 0 Å². The molecule has 3 nitrogen and oxygen atoms in total. The van der Waals surface area contributed by atoms with Crippen LogP contribution in [0.2, 0.25) is 10.0 Å². The van der Waals surface area contributed by atoms with Crippen molar-refractivity contribution >= 4 is 29.0 Å². The molecule has 98 valence electrons. The Labute approximate surface area is 119 Å². The number of hydrogen-bond donors (Lipinski definition) is 2. The van der Waals surface area contributed by atoms with Gasteiger partial charge < -0.3 is 10.5 Å². The van der Waals surface area contributed by atoms with Gasteiger partial charge in [0.05, 0.1) is 15.6 Å². The van der Waals surface area contributed by atoms with Gasteiger partial charge in [0.15, 0.2) is 0 Å². The van der Waals surface area contributed by atoms with Crippen molar-refractivity contribution in [3.8, 4) is 11.5 Å². The van der Waals surface area contributed by atoms with Crippen LogP contribution in [-0.4, -0.2) is 5.84 Å². The largest absolute Gasteiger partial charge is 0.456 e. The van der Waals surface area contributed by atoms with Crippen LogP contribution in [0.15, 0.2) is 36.4 Å². The van der Waals surface area contributed by atoms with E-state index in [1.807, 2.05) is 0 Å². The zero-order valence-corrected chi connectivity index (χ0v) is 11.1. The van der Waals surface area contributed by atoms with E-state index in [2.05, 4.69) is 0 Å². The van der Waals surface area contributed by atoms with Crippen LogP contribution in [-0.2, 0) is 0 Å². The van der Waals surface area contributed by atoms with Crippen LogP contribution >= 0.6 is 23.2 Å². The number of nitrogen functional groups attached to an aromatic ring is 1. The quantitative estimate of drug-likeness (QED) is 0.659. The lowest BCUT2D eigenvalue weighted by Crippen LogP contribution is -2.13. The van der Waals surface area contributed by atoms with Gasteiger partial charge in [-0.05, 0) is 24.3 Å². The van der Waals surface area contributed by atoms with Crippen LogP contribution in [0.4, 0.5) is 4.39 Å². The Kier molecular flexibility index (Phi) is 3.93. The van der Waals surface area contributed by atoms with E-state index in [1.54, 1.807) is 18.2 Å². The molecule has 3 N–H and O–H groups in total. The number of rotatable bonds is 3. The van der Waals surface area contributed by atoms with Crippen LogP contribution in [0.3, 0.4) is 0 Å². The first-order valence-corrected chi connectivity index (χ1v) is 6.00. The molecular weight excluding hydrogens is 290 g/mol. The maximum atomic E-state index is 13.3. The number of hydrogen-bond acceptors (Lipinski definition) is 2. The van der Waals surface area contributed by atoms with E-state index in [4.69, 9.17) is 39.1 Å². The smallest absolute Gasteiger partial charge is 0.145 e.